The number of aliphatic hydroxyl groups is 1. The van der Waals surface area contributed by atoms with Crippen LogP contribution < -0.4 is 15.4 Å². The van der Waals surface area contributed by atoms with E-state index in [9.17, 15) is 4.79 Å². The van der Waals surface area contributed by atoms with Crippen molar-refractivity contribution in [3.8, 4) is 17.0 Å². The first-order valence-corrected chi connectivity index (χ1v) is 10.5. The van der Waals surface area contributed by atoms with Gasteiger partial charge in [-0.25, -0.2) is 9.97 Å². The van der Waals surface area contributed by atoms with Crippen LogP contribution in [-0.2, 0) is 6.54 Å². The lowest BCUT2D eigenvalue weighted by Crippen LogP contribution is -2.26. The summed E-state index contributed by atoms with van der Waals surface area (Å²) in [4.78, 5) is 25.9. The maximum absolute atomic E-state index is 12.3. The first kappa shape index (κ1) is 20.7. The number of hydrogen-bond donors (Lipinski definition) is 3. The van der Waals surface area contributed by atoms with E-state index in [-0.39, 0.29) is 19.1 Å². The quantitative estimate of drug-likeness (QED) is 0.406. The highest BCUT2D eigenvalue weighted by Crippen LogP contribution is 2.29. The summed E-state index contributed by atoms with van der Waals surface area (Å²) < 4.78 is 7.34. The van der Waals surface area contributed by atoms with Crippen molar-refractivity contribution in [1.29, 1.82) is 0 Å². The molecule has 0 saturated heterocycles. The number of amides is 1. The molecule has 1 amide bonds. The summed E-state index contributed by atoms with van der Waals surface area (Å²) in [5.41, 5.74) is 5.85. The number of aliphatic imine (C=N–C) groups is 1. The van der Waals surface area contributed by atoms with Gasteiger partial charge in [0.05, 0.1) is 31.5 Å². The van der Waals surface area contributed by atoms with Crippen molar-refractivity contribution in [3.63, 3.8) is 0 Å². The van der Waals surface area contributed by atoms with Crippen molar-refractivity contribution >= 4 is 29.3 Å². The molecule has 0 atom stereocenters. The summed E-state index contributed by atoms with van der Waals surface area (Å²) in [6.07, 6.45) is 7.43. The van der Waals surface area contributed by atoms with Gasteiger partial charge in [0.2, 0.25) is 0 Å². The van der Waals surface area contributed by atoms with E-state index in [4.69, 9.17) is 14.8 Å². The topological polar surface area (TPSA) is 113 Å². The predicted molar refractivity (Wildman–Crippen MR) is 125 cm³/mol. The Kier molecular flexibility index (Phi) is 5.45. The van der Waals surface area contributed by atoms with Crippen LogP contribution >= 0.6 is 0 Å². The van der Waals surface area contributed by atoms with Crippen LogP contribution in [0.5, 0.6) is 5.75 Å². The van der Waals surface area contributed by atoms with Crippen LogP contribution in [0.25, 0.3) is 16.9 Å². The summed E-state index contributed by atoms with van der Waals surface area (Å²) >= 11 is 0. The van der Waals surface area contributed by atoms with E-state index in [1.165, 1.54) is 12.7 Å². The van der Waals surface area contributed by atoms with Gasteiger partial charge in [-0.1, -0.05) is 12.1 Å². The summed E-state index contributed by atoms with van der Waals surface area (Å²) in [6, 6.07) is 11.4. The Bertz CT molecular complexity index is 1380. The molecule has 0 unspecified atom stereocenters. The lowest BCUT2D eigenvalue weighted by molar-refractivity contribution is 0.0942. The molecule has 166 valence electrons. The highest BCUT2D eigenvalue weighted by Gasteiger charge is 2.15. The molecule has 0 spiro atoms. The third-order valence-corrected chi connectivity index (χ3v) is 5.41. The Morgan fingerprint density at radius 1 is 1.24 bits per heavy atom. The summed E-state index contributed by atoms with van der Waals surface area (Å²) in [5, 5.41) is 14.9. The van der Waals surface area contributed by atoms with Gasteiger partial charge in [-0.3, -0.25) is 9.79 Å². The molecule has 3 N–H and O–H groups in total. The number of aromatic nitrogens is 3. The summed E-state index contributed by atoms with van der Waals surface area (Å²) in [6.45, 7) is 0.721. The zero-order valence-corrected chi connectivity index (χ0v) is 17.9. The van der Waals surface area contributed by atoms with Gasteiger partial charge in [-0.15, -0.1) is 0 Å². The van der Waals surface area contributed by atoms with Gasteiger partial charge in [0, 0.05) is 48.7 Å². The molecular weight excluding hydrogens is 420 g/mol. The third kappa shape index (κ3) is 4.01. The fourth-order valence-electron chi connectivity index (χ4n) is 3.78. The molecule has 2 aromatic carbocycles. The number of imidazole rings is 1. The molecule has 3 heterocycles. The molecule has 0 radical (unpaired) electrons. The van der Waals surface area contributed by atoms with Gasteiger partial charge in [0.15, 0.2) is 11.5 Å². The lowest BCUT2D eigenvalue weighted by Gasteiger charge is -2.13. The number of carbonyl (C=O) groups excluding carboxylic acids is 1. The molecular formula is C24H22N6O3. The second-order valence-corrected chi connectivity index (χ2v) is 7.54. The van der Waals surface area contributed by atoms with Crippen LogP contribution in [0.2, 0.25) is 0 Å². The molecule has 0 aliphatic carbocycles. The molecule has 9 nitrogen and oxygen atoms in total. The normalized spacial score (nSPS) is 12.1. The molecule has 1 aliphatic heterocycles. The number of fused-ring (bicyclic) bond motifs is 2. The fourth-order valence-corrected chi connectivity index (χ4v) is 3.78. The van der Waals surface area contributed by atoms with Gasteiger partial charge in [0.25, 0.3) is 5.91 Å². The van der Waals surface area contributed by atoms with E-state index in [2.05, 4.69) is 32.7 Å². The Balaban J connectivity index is 1.49. The first-order valence-electron chi connectivity index (χ1n) is 10.5. The van der Waals surface area contributed by atoms with Crippen LogP contribution in [0.4, 0.5) is 11.5 Å². The number of nitrogens with zero attached hydrogens (tertiary/aromatic N) is 4. The minimum Gasteiger partial charge on any atom is -0.496 e. The Hall–Kier alpha value is -4.24. The van der Waals surface area contributed by atoms with Crippen molar-refractivity contribution in [1.82, 2.24) is 19.7 Å². The number of rotatable bonds is 7. The molecule has 4 aromatic rings. The molecule has 33 heavy (non-hydrogen) atoms. The second kappa shape index (κ2) is 8.71. The number of benzene rings is 2. The van der Waals surface area contributed by atoms with Gasteiger partial charge >= 0.3 is 0 Å². The Morgan fingerprint density at radius 2 is 2.15 bits per heavy atom. The summed E-state index contributed by atoms with van der Waals surface area (Å²) in [7, 11) is 1.51. The van der Waals surface area contributed by atoms with Crippen LogP contribution in [0, 0.1) is 0 Å². The lowest BCUT2D eigenvalue weighted by atomic mass is 10.0. The second-order valence-electron chi connectivity index (χ2n) is 7.54. The third-order valence-electron chi connectivity index (χ3n) is 5.41. The van der Waals surface area contributed by atoms with E-state index >= 15 is 0 Å². The van der Waals surface area contributed by atoms with Crippen LogP contribution in [-0.4, -0.2) is 51.9 Å². The van der Waals surface area contributed by atoms with Crippen molar-refractivity contribution in [2.75, 3.05) is 25.6 Å². The SMILES string of the molecule is COc1cc(Nc2nc(-c3ccc4c(c3)CN=C4)cn3ccnc23)ccc1C(=O)NCCO. The maximum atomic E-state index is 12.3. The largest absolute Gasteiger partial charge is 0.496 e. The molecule has 0 fully saturated rings. The van der Waals surface area contributed by atoms with Crippen LogP contribution in [0.15, 0.2) is 60.0 Å². The van der Waals surface area contributed by atoms with E-state index < -0.39 is 0 Å². The monoisotopic (exact) mass is 442 g/mol. The number of hydrogen-bond acceptors (Lipinski definition) is 7. The van der Waals surface area contributed by atoms with Crippen molar-refractivity contribution in [2.45, 2.75) is 6.54 Å². The average Bonchev–Trinajstić information content (AvgIpc) is 3.51. The first-order chi connectivity index (χ1) is 16.2. The minimum atomic E-state index is -0.316. The van der Waals surface area contributed by atoms with E-state index in [0.717, 1.165) is 16.8 Å². The molecule has 0 bridgehead atoms. The van der Waals surface area contributed by atoms with E-state index in [0.29, 0.717) is 35.0 Å². The van der Waals surface area contributed by atoms with Gasteiger partial charge in [-0.05, 0) is 29.3 Å². The van der Waals surface area contributed by atoms with E-state index in [1.54, 1.807) is 24.4 Å². The van der Waals surface area contributed by atoms with Gasteiger partial charge < -0.3 is 24.9 Å². The number of nitrogens with one attached hydrogen (secondary N) is 2. The number of carbonyl (C=O) groups is 1. The van der Waals surface area contributed by atoms with Crippen LogP contribution in [0.1, 0.15) is 21.5 Å². The molecule has 2 aromatic heterocycles. The average molecular weight is 442 g/mol. The molecule has 0 saturated carbocycles. The summed E-state index contributed by atoms with van der Waals surface area (Å²) in [5.74, 6) is 0.669. The fraction of sp³-hybridized carbons (Fsp3) is 0.167. The molecule has 5 rings (SSSR count). The van der Waals surface area contributed by atoms with Crippen molar-refractivity contribution in [2.24, 2.45) is 4.99 Å². The molecule has 1 aliphatic rings. The number of aliphatic hydroxyl groups excluding tert-OH is 1. The Morgan fingerprint density at radius 3 is 3.00 bits per heavy atom. The van der Waals surface area contributed by atoms with Gasteiger partial charge in [-0.2, -0.15) is 0 Å². The van der Waals surface area contributed by atoms with Crippen molar-refractivity contribution in [3.05, 3.63) is 71.7 Å². The zero-order chi connectivity index (χ0) is 22.8. The van der Waals surface area contributed by atoms with Crippen LogP contribution in [0.3, 0.4) is 0 Å². The standard InChI is InChI=1S/C24H22N6O3/c1-33-21-11-18(4-5-19(21)24(32)27-7-9-31)28-22-23-26-6-8-30(23)14-20(29-22)15-2-3-16-12-25-13-17(16)10-15/h2-6,8,10-12,14,31H,7,9,13H2,1H3,(H,27,32)(H,28,29). The van der Waals surface area contributed by atoms with E-state index in [1.807, 2.05) is 29.1 Å². The smallest absolute Gasteiger partial charge is 0.255 e. The highest BCUT2D eigenvalue weighted by atomic mass is 16.5. The van der Waals surface area contributed by atoms with Crippen molar-refractivity contribution < 1.29 is 14.6 Å². The number of ether oxygens (including phenoxy) is 1. The zero-order valence-electron chi connectivity index (χ0n) is 17.9. The maximum Gasteiger partial charge on any atom is 0.255 e. The minimum absolute atomic E-state index is 0.132. The molecule has 9 heteroatoms. The number of methoxy groups -OCH3 is 1. The van der Waals surface area contributed by atoms with Gasteiger partial charge in [0.1, 0.15) is 5.75 Å². The Labute approximate surface area is 189 Å². The highest BCUT2D eigenvalue weighted by molar-refractivity contribution is 5.97. The number of anilines is 2. The predicted octanol–water partition coefficient (Wildman–Crippen LogP) is 2.80.